The normalized spacial score (nSPS) is 11.4. The van der Waals surface area contributed by atoms with Crippen LogP contribution in [-0.4, -0.2) is 24.1 Å². The first-order valence-electron chi connectivity index (χ1n) is 19.2. The molecule has 0 radical (unpaired) electrons. The average Bonchev–Trinajstić information content (AvgIpc) is 3.83. The topological polar surface area (TPSA) is 52.9 Å². The van der Waals surface area contributed by atoms with Crippen LogP contribution < -0.4 is 0 Å². The Labute approximate surface area is 334 Å². The molecule has 0 saturated heterocycles. The van der Waals surface area contributed by atoms with E-state index in [0.29, 0.717) is 23.2 Å². The van der Waals surface area contributed by atoms with Crippen LogP contribution in [0.2, 0.25) is 0 Å². The van der Waals surface area contributed by atoms with Gasteiger partial charge in [-0.1, -0.05) is 152 Å². The number of benzene rings is 8. The van der Waals surface area contributed by atoms with Gasteiger partial charge in [-0.2, -0.15) is 0 Å². The third-order valence-corrected chi connectivity index (χ3v) is 11.0. The Kier molecular flexibility index (Phi) is 7.76. The van der Waals surface area contributed by atoms with Gasteiger partial charge >= 0.3 is 0 Å². The predicted molar refractivity (Wildman–Crippen MR) is 237 cm³/mol. The molecule has 0 aliphatic heterocycles. The van der Waals surface area contributed by atoms with E-state index in [1.807, 2.05) is 78.9 Å². The molecule has 3 heterocycles. The molecule has 3 aromatic heterocycles. The SMILES string of the molecule is [C-]#[N+]c1cc(-c2nc(-c3ccccc3)nc(-c3ccccc3)n2)ccc1-c1cccc2c3c(ccc4c5ccccc5n(-c5ccccc5)c43)n(-c3ccccc3)c12. The van der Waals surface area contributed by atoms with Crippen LogP contribution in [0.5, 0.6) is 0 Å². The molecular weight excluding hydrogens is 709 g/mol. The van der Waals surface area contributed by atoms with Crippen molar-refractivity contribution in [2.75, 3.05) is 0 Å². The molecule has 0 bridgehead atoms. The van der Waals surface area contributed by atoms with Gasteiger partial charge in [0.15, 0.2) is 23.2 Å². The number of rotatable bonds is 6. The Hall–Kier alpha value is -8.14. The van der Waals surface area contributed by atoms with Crippen LogP contribution in [0.4, 0.5) is 5.69 Å². The molecule has 0 N–H and O–H groups in total. The highest BCUT2D eigenvalue weighted by Crippen LogP contribution is 2.46. The van der Waals surface area contributed by atoms with Gasteiger partial charge in [-0.05, 0) is 53.6 Å². The van der Waals surface area contributed by atoms with E-state index in [1.54, 1.807) is 0 Å². The monoisotopic (exact) mass is 740 g/mol. The van der Waals surface area contributed by atoms with E-state index in [1.165, 1.54) is 10.8 Å². The maximum atomic E-state index is 8.53. The van der Waals surface area contributed by atoms with Gasteiger partial charge in [-0.25, -0.2) is 19.8 Å². The van der Waals surface area contributed by atoms with Crippen LogP contribution in [0.15, 0.2) is 194 Å². The highest BCUT2D eigenvalue weighted by molar-refractivity contribution is 6.27. The Balaban J connectivity index is 1.18. The third-order valence-electron chi connectivity index (χ3n) is 11.0. The first-order valence-corrected chi connectivity index (χ1v) is 19.2. The second-order valence-corrected chi connectivity index (χ2v) is 14.3. The van der Waals surface area contributed by atoms with Crippen molar-refractivity contribution in [3.05, 3.63) is 206 Å². The molecule has 8 aromatic carbocycles. The molecule has 0 amide bonds. The van der Waals surface area contributed by atoms with E-state index < -0.39 is 0 Å². The Morgan fingerprint density at radius 2 is 0.914 bits per heavy atom. The fourth-order valence-electron chi connectivity index (χ4n) is 8.44. The zero-order valence-electron chi connectivity index (χ0n) is 31.2. The summed E-state index contributed by atoms with van der Waals surface area (Å²) in [6, 6.07) is 66.6. The standard InChI is InChI=1S/C52H32N6/c1-53-44-33-36(52-55-50(34-17-6-2-7-18-34)54-51(56-52)35-19-8-3-9-20-35)29-30-39(44)41-26-16-27-43-47-46(58(48(41)43)38-23-12-5-13-24-38)32-31-42-40-25-14-15-28-45(40)57(49(42)47)37-21-10-4-11-22-37/h2-33H. The van der Waals surface area contributed by atoms with Crippen molar-refractivity contribution < 1.29 is 0 Å². The lowest BCUT2D eigenvalue weighted by Gasteiger charge is -2.14. The molecule has 0 aliphatic rings. The highest BCUT2D eigenvalue weighted by Gasteiger charge is 2.24. The number of nitrogens with zero attached hydrogens (tertiary/aromatic N) is 6. The van der Waals surface area contributed by atoms with Crippen molar-refractivity contribution in [2.45, 2.75) is 0 Å². The molecule has 0 aliphatic carbocycles. The summed E-state index contributed by atoms with van der Waals surface area (Å²) in [6.45, 7) is 8.53. The number of hydrogen-bond acceptors (Lipinski definition) is 3. The van der Waals surface area contributed by atoms with Crippen molar-refractivity contribution in [1.29, 1.82) is 0 Å². The van der Waals surface area contributed by atoms with Gasteiger partial charge in [-0.15, -0.1) is 0 Å². The molecule has 6 heteroatoms. The molecule has 6 nitrogen and oxygen atoms in total. The highest BCUT2D eigenvalue weighted by atomic mass is 15.0. The Morgan fingerprint density at radius 3 is 1.53 bits per heavy atom. The molecule has 11 aromatic rings. The molecule has 11 rings (SSSR count). The van der Waals surface area contributed by atoms with Crippen molar-refractivity contribution in [3.63, 3.8) is 0 Å². The maximum Gasteiger partial charge on any atom is 0.195 e. The zero-order valence-corrected chi connectivity index (χ0v) is 31.2. The van der Waals surface area contributed by atoms with Crippen molar-refractivity contribution >= 4 is 49.3 Å². The molecule has 0 fully saturated rings. The number of hydrogen-bond donors (Lipinski definition) is 0. The fraction of sp³-hybridized carbons (Fsp3) is 0. The van der Waals surface area contributed by atoms with Crippen LogP contribution in [0.1, 0.15) is 0 Å². The van der Waals surface area contributed by atoms with Gasteiger partial charge in [0.1, 0.15) is 0 Å². The summed E-state index contributed by atoms with van der Waals surface area (Å²) in [5.41, 5.74) is 11.4. The molecular formula is C52H32N6. The van der Waals surface area contributed by atoms with Crippen LogP contribution >= 0.6 is 0 Å². The number of fused-ring (bicyclic) bond motifs is 7. The van der Waals surface area contributed by atoms with E-state index in [0.717, 1.165) is 72.0 Å². The second-order valence-electron chi connectivity index (χ2n) is 14.3. The summed E-state index contributed by atoms with van der Waals surface area (Å²) in [4.78, 5) is 18.9. The van der Waals surface area contributed by atoms with E-state index in [-0.39, 0.29) is 0 Å². The lowest BCUT2D eigenvalue weighted by Crippen LogP contribution is -2.00. The summed E-state index contributed by atoms with van der Waals surface area (Å²) < 4.78 is 4.76. The van der Waals surface area contributed by atoms with E-state index >= 15 is 0 Å². The summed E-state index contributed by atoms with van der Waals surface area (Å²) in [7, 11) is 0. The van der Waals surface area contributed by atoms with Crippen LogP contribution in [0.3, 0.4) is 0 Å². The first kappa shape index (κ1) is 33.2. The van der Waals surface area contributed by atoms with Crippen molar-refractivity contribution in [2.24, 2.45) is 0 Å². The lowest BCUT2D eigenvalue weighted by atomic mass is 9.98. The van der Waals surface area contributed by atoms with Gasteiger partial charge in [0.05, 0.1) is 28.6 Å². The van der Waals surface area contributed by atoms with Crippen LogP contribution in [-0.2, 0) is 0 Å². The minimum atomic E-state index is 0.511. The quantitative estimate of drug-likeness (QED) is 0.160. The van der Waals surface area contributed by atoms with E-state index in [9.17, 15) is 0 Å². The molecule has 0 saturated carbocycles. The van der Waals surface area contributed by atoms with Gasteiger partial charge in [-0.3, -0.25) is 0 Å². The Bertz CT molecular complexity index is 3320. The molecule has 0 spiro atoms. The largest absolute Gasteiger partial charge is 0.309 e. The first-order chi connectivity index (χ1) is 28.7. The third kappa shape index (κ3) is 5.30. The van der Waals surface area contributed by atoms with Crippen molar-refractivity contribution in [3.8, 4) is 56.7 Å². The minimum Gasteiger partial charge on any atom is -0.309 e. The molecule has 0 atom stereocenters. The smallest absolute Gasteiger partial charge is 0.195 e. The second kappa shape index (κ2) is 13.6. The lowest BCUT2D eigenvalue weighted by molar-refractivity contribution is 1.07. The number of aromatic nitrogens is 5. The van der Waals surface area contributed by atoms with Gasteiger partial charge < -0.3 is 9.13 Å². The minimum absolute atomic E-state index is 0.511. The maximum absolute atomic E-state index is 8.53. The average molecular weight is 741 g/mol. The summed E-state index contributed by atoms with van der Waals surface area (Å²) >= 11 is 0. The molecule has 58 heavy (non-hydrogen) atoms. The van der Waals surface area contributed by atoms with Gasteiger partial charge in [0, 0.05) is 49.6 Å². The van der Waals surface area contributed by atoms with E-state index in [2.05, 4.69) is 129 Å². The van der Waals surface area contributed by atoms with Crippen molar-refractivity contribution in [1.82, 2.24) is 24.1 Å². The summed E-state index contributed by atoms with van der Waals surface area (Å²) in [6.07, 6.45) is 0. The Morgan fingerprint density at radius 1 is 0.379 bits per heavy atom. The summed E-state index contributed by atoms with van der Waals surface area (Å²) in [5, 5.41) is 4.67. The van der Waals surface area contributed by atoms with Gasteiger partial charge in [0.25, 0.3) is 0 Å². The van der Waals surface area contributed by atoms with Gasteiger partial charge in [0.2, 0.25) is 0 Å². The number of para-hydroxylation sites is 4. The summed E-state index contributed by atoms with van der Waals surface area (Å²) in [5.74, 6) is 1.67. The van der Waals surface area contributed by atoms with Crippen LogP contribution in [0, 0.1) is 6.57 Å². The van der Waals surface area contributed by atoms with E-state index in [4.69, 9.17) is 21.5 Å². The zero-order chi connectivity index (χ0) is 38.6. The predicted octanol–water partition coefficient (Wildman–Crippen LogP) is 13.3. The fourth-order valence-corrected chi connectivity index (χ4v) is 8.44. The molecule has 270 valence electrons. The van der Waals surface area contributed by atoms with Crippen LogP contribution in [0.25, 0.3) is 105 Å². The molecule has 0 unspecified atom stereocenters.